The summed E-state index contributed by atoms with van der Waals surface area (Å²) in [6.45, 7) is 4.01. The van der Waals surface area contributed by atoms with Gasteiger partial charge in [0.2, 0.25) is 5.91 Å². The second kappa shape index (κ2) is 11.7. The molecule has 0 fully saturated rings. The number of halogens is 2. The van der Waals surface area contributed by atoms with E-state index >= 15 is 0 Å². The molecule has 0 aromatic heterocycles. The van der Waals surface area contributed by atoms with Gasteiger partial charge in [0.1, 0.15) is 17.5 Å². The van der Waals surface area contributed by atoms with Crippen LogP contribution >= 0.6 is 23.2 Å². The van der Waals surface area contributed by atoms with E-state index in [1.54, 1.807) is 56.5 Å². The highest BCUT2D eigenvalue weighted by molar-refractivity contribution is 6.36. The summed E-state index contributed by atoms with van der Waals surface area (Å²) < 4.78 is 10.7. The van der Waals surface area contributed by atoms with E-state index in [0.29, 0.717) is 33.7 Å². The molecule has 1 unspecified atom stereocenters. The third-order valence-electron chi connectivity index (χ3n) is 4.53. The van der Waals surface area contributed by atoms with Crippen LogP contribution in [0.3, 0.4) is 0 Å². The molecule has 8 heteroatoms. The summed E-state index contributed by atoms with van der Waals surface area (Å²) in [7, 11) is 1.57. The highest BCUT2D eigenvalue weighted by Gasteiger charge is 2.27. The molecule has 1 N–H and O–H groups in total. The molecule has 2 aromatic carbocycles. The summed E-state index contributed by atoms with van der Waals surface area (Å²) in [6.07, 6.45) is 0.795. The van der Waals surface area contributed by atoms with E-state index < -0.39 is 6.04 Å². The van der Waals surface area contributed by atoms with Crippen molar-refractivity contribution in [3.63, 3.8) is 0 Å². The van der Waals surface area contributed by atoms with Crippen molar-refractivity contribution in [1.29, 1.82) is 0 Å². The Bertz CT molecular complexity index is 838. The van der Waals surface area contributed by atoms with Crippen molar-refractivity contribution in [2.75, 3.05) is 20.3 Å². The zero-order valence-electron chi connectivity index (χ0n) is 17.3. The van der Waals surface area contributed by atoms with Crippen molar-refractivity contribution < 1.29 is 19.1 Å². The lowest BCUT2D eigenvalue weighted by molar-refractivity contribution is -0.142. The van der Waals surface area contributed by atoms with Crippen LogP contribution < -0.4 is 14.8 Å². The number of carbonyl (C=O) groups is 2. The topological polar surface area (TPSA) is 67.9 Å². The average molecular weight is 453 g/mol. The predicted octanol–water partition coefficient (Wildman–Crippen LogP) is 4.32. The molecule has 0 aliphatic heterocycles. The van der Waals surface area contributed by atoms with Crippen LogP contribution in [0.2, 0.25) is 10.0 Å². The summed E-state index contributed by atoms with van der Waals surface area (Å²) in [5.74, 6) is 0.589. The SMILES string of the molecule is CCCNC(=O)C(C)N(Cc1c(Cl)cccc1Cl)C(=O)COc1ccc(OC)cc1. The molecule has 0 saturated heterocycles. The summed E-state index contributed by atoms with van der Waals surface area (Å²) >= 11 is 12.6. The van der Waals surface area contributed by atoms with Gasteiger partial charge in [0.15, 0.2) is 6.61 Å². The normalized spacial score (nSPS) is 11.5. The first-order chi connectivity index (χ1) is 14.4. The van der Waals surface area contributed by atoms with E-state index in [-0.39, 0.29) is 25.0 Å². The van der Waals surface area contributed by atoms with E-state index in [1.807, 2.05) is 6.92 Å². The number of rotatable bonds is 10. The highest BCUT2D eigenvalue weighted by atomic mass is 35.5. The molecule has 0 heterocycles. The van der Waals surface area contributed by atoms with E-state index in [1.165, 1.54) is 4.90 Å². The van der Waals surface area contributed by atoms with Crippen LogP contribution in [0.1, 0.15) is 25.8 Å². The quantitative estimate of drug-likeness (QED) is 0.582. The first kappa shape index (κ1) is 23.8. The molecular formula is C22H26Cl2N2O4. The molecule has 1 atom stereocenters. The van der Waals surface area contributed by atoms with Gasteiger partial charge in [0.05, 0.1) is 7.11 Å². The number of methoxy groups -OCH3 is 1. The van der Waals surface area contributed by atoms with Gasteiger partial charge >= 0.3 is 0 Å². The molecule has 0 radical (unpaired) electrons. The van der Waals surface area contributed by atoms with Gasteiger partial charge in [-0.15, -0.1) is 0 Å². The van der Waals surface area contributed by atoms with Gasteiger partial charge < -0.3 is 19.7 Å². The maximum atomic E-state index is 13.0. The van der Waals surface area contributed by atoms with Crippen molar-refractivity contribution in [2.24, 2.45) is 0 Å². The molecule has 0 aliphatic rings. The minimum Gasteiger partial charge on any atom is -0.497 e. The third-order valence-corrected chi connectivity index (χ3v) is 5.24. The Kier molecular flexibility index (Phi) is 9.27. The largest absolute Gasteiger partial charge is 0.497 e. The monoisotopic (exact) mass is 452 g/mol. The molecule has 2 rings (SSSR count). The fourth-order valence-corrected chi connectivity index (χ4v) is 3.25. The van der Waals surface area contributed by atoms with Crippen LogP contribution in [0.15, 0.2) is 42.5 Å². The van der Waals surface area contributed by atoms with Crippen LogP contribution in [0, 0.1) is 0 Å². The summed E-state index contributed by atoms with van der Waals surface area (Å²) in [5.41, 5.74) is 0.578. The van der Waals surface area contributed by atoms with Crippen LogP contribution in [0.25, 0.3) is 0 Å². The maximum absolute atomic E-state index is 13.0. The van der Waals surface area contributed by atoms with Gasteiger partial charge in [-0.25, -0.2) is 0 Å². The Hall–Kier alpha value is -2.44. The standard InChI is InChI=1S/C22H26Cl2N2O4/c1-4-12-25-22(28)15(2)26(13-18-19(23)6-5-7-20(18)24)21(27)14-30-17-10-8-16(29-3)9-11-17/h5-11,15H,4,12-14H2,1-3H3,(H,25,28). The van der Waals surface area contributed by atoms with E-state index in [0.717, 1.165) is 6.42 Å². The molecule has 0 aliphatic carbocycles. The zero-order chi connectivity index (χ0) is 22.1. The first-order valence-corrected chi connectivity index (χ1v) is 10.4. The summed E-state index contributed by atoms with van der Waals surface area (Å²) in [4.78, 5) is 26.9. The molecule has 6 nitrogen and oxygen atoms in total. The Balaban J connectivity index is 2.18. The Labute approximate surface area is 187 Å². The Morgan fingerprint density at radius 1 is 1.07 bits per heavy atom. The number of hydrogen-bond donors (Lipinski definition) is 1. The second-order valence-electron chi connectivity index (χ2n) is 6.65. The lowest BCUT2D eigenvalue weighted by atomic mass is 10.1. The molecule has 2 aromatic rings. The number of hydrogen-bond acceptors (Lipinski definition) is 4. The van der Waals surface area contributed by atoms with Gasteiger partial charge in [-0.1, -0.05) is 36.2 Å². The van der Waals surface area contributed by atoms with Crippen molar-refractivity contribution >= 4 is 35.0 Å². The number of amides is 2. The van der Waals surface area contributed by atoms with Crippen LogP contribution in [-0.4, -0.2) is 43.0 Å². The predicted molar refractivity (Wildman–Crippen MR) is 118 cm³/mol. The highest BCUT2D eigenvalue weighted by Crippen LogP contribution is 2.26. The number of benzene rings is 2. The lowest BCUT2D eigenvalue weighted by Crippen LogP contribution is -2.49. The van der Waals surface area contributed by atoms with Crippen LogP contribution in [-0.2, 0) is 16.1 Å². The number of carbonyl (C=O) groups excluding carboxylic acids is 2. The van der Waals surface area contributed by atoms with Gasteiger partial charge in [0.25, 0.3) is 5.91 Å². The van der Waals surface area contributed by atoms with Gasteiger partial charge in [-0.3, -0.25) is 9.59 Å². The average Bonchev–Trinajstić information content (AvgIpc) is 2.75. The molecule has 2 amide bonds. The van der Waals surface area contributed by atoms with Crippen molar-refractivity contribution in [2.45, 2.75) is 32.9 Å². The first-order valence-electron chi connectivity index (χ1n) is 9.64. The number of nitrogens with zero attached hydrogens (tertiary/aromatic N) is 1. The lowest BCUT2D eigenvalue weighted by Gasteiger charge is -2.29. The number of ether oxygens (including phenoxy) is 2. The van der Waals surface area contributed by atoms with Gasteiger partial charge in [-0.05, 0) is 49.7 Å². The smallest absolute Gasteiger partial charge is 0.261 e. The molecular weight excluding hydrogens is 427 g/mol. The fourth-order valence-electron chi connectivity index (χ4n) is 2.73. The van der Waals surface area contributed by atoms with Crippen molar-refractivity contribution in [1.82, 2.24) is 10.2 Å². The van der Waals surface area contributed by atoms with Crippen LogP contribution in [0.5, 0.6) is 11.5 Å². The third kappa shape index (κ3) is 6.54. The minimum absolute atomic E-state index is 0.0873. The van der Waals surface area contributed by atoms with E-state index in [4.69, 9.17) is 32.7 Å². The Morgan fingerprint density at radius 3 is 2.23 bits per heavy atom. The van der Waals surface area contributed by atoms with E-state index in [9.17, 15) is 9.59 Å². The molecule has 0 bridgehead atoms. The Morgan fingerprint density at radius 2 is 1.67 bits per heavy atom. The zero-order valence-corrected chi connectivity index (χ0v) is 18.8. The van der Waals surface area contributed by atoms with Crippen LogP contribution in [0.4, 0.5) is 0 Å². The molecule has 162 valence electrons. The molecule has 0 saturated carbocycles. The van der Waals surface area contributed by atoms with Gasteiger partial charge in [-0.2, -0.15) is 0 Å². The molecule has 0 spiro atoms. The maximum Gasteiger partial charge on any atom is 0.261 e. The minimum atomic E-state index is -0.726. The van der Waals surface area contributed by atoms with Gasteiger partial charge in [0, 0.05) is 28.7 Å². The van der Waals surface area contributed by atoms with Crippen molar-refractivity contribution in [3.8, 4) is 11.5 Å². The molecule has 30 heavy (non-hydrogen) atoms. The second-order valence-corrected chi connectivity index (χ2v) is 7.47. The van der Waals surface area contributed by atoms with Crippen molar-refractivity contribution in [3.05, 3.63) is 58.1 Å². The summed E-state index contributed by atoms with van der Waals surface area (Å²) in [5, 5.41) is 3.67. The number of nitrogens with one attached hydrogen (secondary N) is 1. The summed E-state index contributed by atoms with van der Waals surface area (Å²) in [6, 6.07) is 11.3. The fraction of sp³-hybridized carbons (Fsp3) is 0.364. The van der Waals surface area contributed by atoms with E-state index in [2.05, 4.69) is 5.32 Å².